The smallest absolute Gasteiger partial charge is 0.296 e. The Morgan fingerprint density at radius 3 is 2.76 bits per heavy atom. The van der Waals surface area contributed by atoms with E-state index < -0.39 is 6.04 Å². The number of alkyl halides is 1. The van der Waals surface area contributed by atoms with Crippen molar-refractivity contribution in [2.45, 2.75) is 36.2 Å². The molecule has 1 saturated carbocycles. The van der Waals surface area contributed by atoms with E-state index in [4.69, 9.17) is 27.9 Å². The largest absolute Gasteiger partial charge is 0.483 e. The molecule has 1 fully saturated rings. The quantitative estimate of drug-likeness (QED) is 0.509. The highest BCUT2D eigenvalue weighted by Gasteiger charge is 2.53. The molecular weight excluding hydrogens is 499 g/mol. The number of carbonyl (C=O) groups excluding carboxylic acids is 2. The average Bonchev–Trinajstić information content (AvgIpc) is 3.32. The highest BCUT2D eigenvalue weighted by Crippen LogP contribution is 2.49. The van der Waals surface area contributed by atoms with Crippen molar-refractivity contribution in [3.63, 3.8) is 0 Å². The van der Waals surface area contributed by atoms with Crippen molar-refractivity contribution in [3.05, 3.63) is 56.7 Å². The van der Waals surface area contributed by atoms with Gasteiger partial charge in [0.1, 0.15) is 6.10 Å². The third-order valence-corrected chi connectivity index (χ3v) is 8.01. The Hall–Kier alpha value is -1.41. The molecule has 4 unspecified atom stereocenters. The van der Waals surface area contributed by atoms with Crippen LogP contribution in [0.5, 0.6) is 0 Å². The number of benzene rings is 1. The van der Waals surface area contributed by atoms with Crippen LogP contribution in [0.25, 0.3) is 0 Å². The van der Waals surface area contributed by atoms with Crippen molar-refractivity contribution < 1.29 is 14.3 Å². The second-order valence-electron chi connectivity index (χ2n) is 7.35. The Balaban J connectivity index is 1.65. The van der Waals surface area contributed by atoms with Crippen molar-refractivity contribution >= 4 is 67.3 Å². The van der Waals surface area contributed by atoms with Crippen LogP contribution in [0.4, 0.5) is 5.13 Å². The van der Waals surface area contributed by atoms with Gasteiger partial charge in [-0.25, -0.2) is 4.98 Å². The summed E-state index contributed by atoms with van der Waals surface area (Å²) in [5.41, 5.74) is 1.10. The fraction of sp³-hybridized carbons (Fsp3) is 0.350. The van der Waals surface area contributed by atoms with Gasteiger partial charge in [0, 0.05) is 16.4 Å². The first-order valence-electron chi connectivity index (χ1n) is 9.23. The third kappa shape index (κ3) is 3.14. The SMILES string of the molecule is O=C1C2=C(OC3CCC(Br)CC13)C(=O)N(c1nccs1)C2c1ccc(Cl)c(Cl)c1. The maximum Gasteiger partial charge on any atom is 0.296 e. The Morgan fingerprint density at radius 1 is 1.21 bits per heavy atom. The van der Waals surface area contributed by atoms with Gasteiger partial charge in [-0.05, 0) is 37.0 Å². The number of hydrogen-bond donors (Lipinski definition) is 0. The molecule has 0 spiro atoms. The second-order valence-corrected chi connectivity index (χ2v) is 10.3. The van der Waals surface area contributed by atoms with Crippen LogP contribution in [-0.4, -0.2) is 27.6 Å². The molecule has 3 heterocycles. The molecule has 5 nitrogen and oxygen atoms in total. The minimum Gasteiger partial charge on any atom is -0.483 e. The van der Waals surface area contributed by atoms with Crippen LogP contribution in [0.3, 0.4) is 0 Å². The van der Waals surface area contributed by atoms with Gasteiger partial charge in [-0.1, -0.05) is 45.2 Å². The molecule has 2 aliphatic heterocycles. The van der Waals surface area contributed by atoms with E-state index in [-0.39, 0.29) is 34.3 Å². The molecule has 9 heteroatoms. The molecule has 0 bridgehead atoms. The third-order valence-electron chi connectivity index (χ3n) is 5.67. The molecular formula is C20H15BrCl2N2O3S. The number of amides is 1. The lowest BCUT2D eigenvalue weighted by Gasteiger charge is -2.37. The van der Waals surface area contributed by atoms with Gasteiger partial charge in [0.25, 0.3) is 5.91 Å². The summed E-state index contributed by atoms with van der Waals surface area (Å²) >= 11 is 17.3. The van der Waals surface area contributed by atoms with E-state index in [9.17, 15) is 9.59 Å². The lowest BCUT2D eigenvalue weighted by Crippen LogP contribution is -2.41. The Labute approximate surface area is 189 Å². The highest BCUT2D eigenvalue weighted by molar-refractivity contribution is 9.09. The number of thiazole rings is 1. The van der Waals surface area contributed by atoms with Crippen LogP contribution in [0.2, 0.25) is 10.0 Å². The summed E-state index contributed by atoms with van der Waals surface area (Å²) in [6.07, 6.45) is 3.72. The number of ketones is 1. The predicted molar refractivity (Wildman–Crippen MR) is 116 cm³/mol. The minimum atomic E-state index is -0.637. The van der Waals surface area contributed by atoms with Gasteiger partial charge < -0.3 is 4.74 Å². The van der Waals surface area contributed by atoms with Gasteiger partial charge >= 0.3 is 0 Å². The molecule has 1 aliphatic carbocycles. The zero-order valence-corrected chi connectivity index (χ0v) is 18.9. The molecule has 150 valence electrons. The standard InChI is InChI=1S/C20H15BrCl2N2O3S/c21-10-2-4-14-11(8-10)17(26)15-16(9-1-3-12(22)13(23)7-9)25(19(27)18(15)28-14)20-24-5-6-29-20/h1,3,5-7,10-11,14,16H,2,4,8H2. The molecule has 5 rings (SSSR count). The van der Waals surface area contributed by atoms with E-state index in [1.165, 1.54) is 16.2 Å². The zero-order chi connectivity index (χ0) is 20.3. The number of Topliss-reactive ketones (excluding diaryl/α,β-unsaturated/α-hetero) is 1. The summed E-state index contributed by atoms with van der Waals surface area (Å²) in [6, 6.07) is 4.53. The van der Waals surface area contributed by atoms with Crippen molar-refractivity contribution in [1.82, 2.24) is 4.98 Å². The van der Waals surface area contributed by atoms with E-state index in [1.807, 2.05) is 0 Å². The lowest BCUT2D eigenvalue weighted by atomic mass is 9.77. The maximum absolute atomic E-state index is 13.6. The first kappa shape index (κ1) is 19.5. The number of hydrogen-bond acceptors (Lipinski definition) is 5. The normalized spacial score (nSPS) is 29.0. The summed E-state index contributed by atoms with van der Waals surface area (Å²) < 4.78 is 6.14. The minimum absolute atomic E-state index is 0.0242. The van der Waals surface area contributed by atoms with Crippen molar-refractivity contribution in [1.29, 1.82) is 0 Å². The van der Waals surface area contributed by atoms with Crippen molar-refractivity contribution in [3.8, 4) is 0 Å². The fourth-order valence-corrected chi connectivity index (χ4v) is 5.99. The number of fused-ring (bicyclic) bond motifs is 1. The first-order valence-corrected chi connectivity index (χ1v) is 11.8. The van der Waals surface area contributed by atoms with Crippen LogP contribution in [0, 0.1) is 5.92 Å². The number of aromatic nitrogens is 1. The van der Waals surface area contributed by atoms with E-state index >= 15 is 0 Å². The zero-order valence-electron chi connectivity index (χ0n) is 15.0. The lowest BCUT2D eigenvalue weighted by molar-refractivity contribution is -0.131. The first-order chi connectivity index (χ1) is 14.0. The fourth-order valence-electron chi connectivity index (χ4n) is 4.35. The van der Waals surface area contributed by atoms with E-state index in [0.29, 0.717) is 32.7 Å². The van der Waals surface area contributed by atoms with Crippen LogP contribution < -0.4 is 4.90 Å². The summed E-state index contributed by atoms with van der Waals surface area (Å²) in [6.45, 7) is 0. The van der Waals surface area contributed by atoms with Crippen molar-refractivity contribution in [2.75, 3.05) is 4.90 Å². The molecule has 1 aromatic carbocycles. The van der Waals surface area contributed by atoms with Gasteiger partial charge in [0.2, 0.25) is 0 Å². The molecule has 0 saturated heterocycles. The van der Waals surface area contributed by atoms with E-state index in [0.717, 1.165) is 12.8 Å². The van der Waals surface area contributed by atoms with E-state index in [1.54, 1.807) is 29.8 Å². The van der Waals surface area contributed by atoms with Crippen molar-refractivity contribution in [2.24, 2.45) is 5.92 Å². The van der Waals surface area contributed by atoms with Gasteiger partial charge in [-0.15, -0.1) is 11.3 Å². The number of anilines is 1. The average molecular weight is 514 g/mol. The number of ether oxygens (including phenoxy) is 1. The molecule has 1 aromatic heterocycles. The summed E-state index contributed by atoms with van der Waals surface area (Å²) in [5.74, 6) is -0.473. The second kappa shape index (κ2) is 7.38. The molecule has 1 amide bonds. The number of carbonyl (C=O) groups is 2. The predicted octanol–water partition coefficient (Wildman–Crippen LogP) is 5.32. The van der Waals surface area contributed by atoms with Crippen LogP contribution in [-0.2, 0) is 14.3 Å². The highest BCUT2D eigenvalue weighted by atomic mass is 79.9. The molecule has 3 aliphatic rings. The Morgan fingerprint density at radius 2 is 2.03 bits per heavy atom. The van der Waals surface area contributed by atoms with Crippen LogP contribution in [0.1, 0.15) is 30.9 Å². The van der Waals surface area contributed by atoms with Crippen LogP contribution >= 0.6 is 50.5 Å². The maximum atomic E-state index is 13.6. The Kier molecular flexibility index (Phi) is 4.97. The van der Waals surface area contributed by atoms with Gasteiger partial charge in [0.15, 0.2) is 16.7 Å². The monoisotopic (exact) mass is 512 g/mol. The number of rotatable bonds is 2. The van der Waals surface area contributed by atoms with Gasteiger partial charge in [-0.2, -0.15) is 0 Å². The summed E-state index contributed by atoms with van der Waals surface area (Å²) in [7, 11) is 0. The molecule has 4 atom stereocenters. The molecule has 0 N–H and O–H groups in total. The Bertz CT molecular complexity index is 1040. The van der Waals surface area contributed by atoms with Gasteiger partial charge in [-0.3, -0.25) is 14.5 Å². The van der Waals surface area contributed by atoms with Gasteiger partial charge in [0.05, 0.1) is 27.6 Å². The van der Waals surface area contributed by atoms with Crippen LogP contribution in [0.15, 0.2) is 41.1 Å². The summed E-state index contributed by atoms with van der Waals surface area (Å²) in [4.78, 5) is 33.0. The summed E-state index contributed by atoms with van der Waals surface area (Å²) in [5, 5.41) is 3.09. The number of halogens is 3. The molecule has 2 aromatic rings. The number of nitrogens with zero attached hydrogens (tertiary/aromatic N) is 2. The topological polar surface area (TPSA) is 59.5 Å². The van der Waals surface area contributed by atoms with E-state index in [2.05, 4.69) is 20.9 Å². The molecule has 29 heavy (non-hydrogen) atoms. The molecule has 0 radical (unpaired) electrons.